The first kappa shape index (κ1) is 27.1. The molecule has 1 fully saturated rings. The molecule has 1 saturated carbocycles. The molecule has 1 aliphatic rings. The summed E-state index contributed by atoms with van der Waals surface area (Å²) in [6.45, 7) is 1.97. The van der Waals surface area contributed by atoms with Crippen molar-refractivity contribution in [2.75, 3.05) is 7.11 Å². The lowest BCUT2D eigenvalue weighted by atomic mass is 9.82. The van der Waals surface area contributed by atoms with E-state index in [2.05, 4.69) is 25.7 Å². The summed E-state index contributed by atoms with van der Waals surface area (Å²) in [6.07, 6.45) is -1.67. The molecule has 0 radical (unpaired) electrons. The first-order chi connectivity index (χ1) is 18.0. The van der Waals surface area contributed by atoms with E-state index in [0.717, 1.165) is 25.7 Å². The molecular formula is C25H26F4N6O3. The van der Waals surface area contributed by atoms with E-state index in [9.17, 15) is 27.2 Å². The van der Waals surface area contributed by atoms with E-state index in [1.165, 1.54) is 24.0 Å². The van der Waals surface area contributed by atoms with Crippen LogP contribution in [-0.2, 0) is 28.8 Å². The molecule has 0 spiro atoms. The predicted octanol–water partition coefficient (Wildman–Crippen LogP) is 4.11. The monoisotopic (exact) mass is 534 g/mol. The Kier molecular flexibility index (Phi) is 8.02. The number of benzene rings is 1. The highest BCUT2D eigenvalue weighted by Gasteiger charge is 2.34. The van der Waals surface area contributed by atoms with Gasteiger partial charge < -0.3 is 10.1 Å². The number of carbonyl (C=O) groups is 2. The molecule has 2 aromatic heterocycles. The SMILES string of the molecule is COC(=O)C1CCC(Cn2nnc(-c3cc(C)nc(C(=O)NCc4ccc(F)c(C(F)(F)F)c4)c3)n2)CC1. The van der Waals surface area contributed by atoms with Gasteiger partial charge in [0.15, 0.2) is 0 Å². The maximum absolute atomic E-state index is 13.5. The molecule has 4 rings (SSSR count). The van der Waals surface area contributed by atoms with E-state index in [-0.39, 0.29) is 29.7 Å². The lowest BCUT2D eigenvalue weighted by Crippen LogP contribution is -2.25. The second-order valence-corrected chi connectivity index (χ2v) is 9.29. The van der Waals surface area contributed by atoms with Crippen LogP contribution in [0.15, 0.2) is 30.3 Å². The van der Waals surface area contributed by atoms with E-state index in [4.69, 9.17) is 4.74 Å². The second-order valence-electron chi connectivity index (χ2n) is 9.29. The zero-order chi connectivity index (χ0) is 27.4. The quantitative estimate of drug-likeness (QED) is 0.359. The molecule has 1 N–H and O–H groups in total. The highest BCUT2D eigenvalue weighted by molar-refractivity contribution is 5.93. The summed E-state index contributed by atoms with van der Waals surface area (Å²) in [4.78, 5) is 30.1. The number of ether oxygens (including phenoxy) is 1. The summed E-state index contributed by atoms with van der Waals surface area (Å²) in [5.74, 6) is -1.67. The number of hydrogen-bond acceptors (Lipinski definition) is 7. The minimum absolute atomic E-state index is 0.0237. The van der Waals surface area contributed by atoms with Crippen LogP contribution in [0.25, 0.3) is 11.4 Å². The van der Waals surface area contributed by atoms with Crippen molar-refractivity contribution >= 4 is 11.9 Å². The van der Waals surface area contributed by atoms with Gasteiger partial charge in [-0.3, -0.25) is 9.59 Å². The lowest BCUT2D eigenvalue weighted by molar-refractivity contribution is -0.147. The summed E-state index contributed by atoms with van der Waals surface area (Å²) in [7, 11) is 1.39. The molecule has 0 unspecified atom stereocenters. The molecular weight excluding hydrogens is 508 g/mol. The van der Waals surface area contributed by atoms with Crippen LogP contribution in [0.4, 0.5) is 17.6 Å². The standard InChI is InChI=1S/C25H26F4N6O3/c1-14-9-18(22-32-34-35(33-22)13-15-3-6-17(7-4-15)24(37)38-2)11-21(31-14)23(36)30-12-16-5-8-20(26)19(10-16)25(27,28)29/h5,8-11,15,17H,3-4,6-7,12-13H2,1-2H3,(H,30,36). The fourth-order valence-corrected chi connectivity index (χ4v) is 4.50. The van der Waals surface area contributed by atoms with Gasteiger partial charge in [-0.15, -0.1) is 10.2 Å². The number of methoxy groups -OCH3 is 1. The topological polar surface area (TPSA) is 112 Å². The van der Waals surface area contributed by atoms with Gasteiger partial charge in [0, 0.05) is 17.8 Å². The Morgan fingerprint density at radius 3 is 2.55 bits per heavy atom. The minimum Gasteiger partial charge on any atom is -0.469 e. The summed E-state index contributed by atoms with van der Waals surface area (Å²) in [5.41, 5.74) is -0.276. The van der Waals surface area contributed by atoms with Gasteiger partial charge in [-0.2, -0.15) is 18.0 Å². The van der Waals surface area contributed by atoms with Gasteiger partial charge in [-0.1, -0.05) is 6.07 Å². The van der Waals surface area contributed by atoms with Crippen molar-refractivity contribution in [3.05, 3.63) is 58.7 Å². The third-order valence-electron chi connectivity index (χ3n) is 6.49. The maximum atomic E-state index is 13.5. The molecule has 38 heavy (non-hydrogen) atoms. The molecule has 9 nitrogen and oxygen atoms in total. The second kappa shape index (κ2) is 11.2. The van der Waals surface area contributed by atoms with Crippen molar-refractivity contribution in [2.24, 2.45) is 11.8 Å². The number of hydrogen-bond donors (Lipinski definition) is 1. The van der Waals surface area contributed by atoms with Gasteiger partial charge in [0.25, 0.3) is 5.91 Å². The molecule has 1 aliphatic carbocycles. The van der Waals surface area contributed by atoms with E-state index in [1.54, 1.807) is 13.0 Å². The van der Waals surface area contributed by atoms with E-state index < -0.39 is 23.5 Å². The number of pyridine rings is 1. The number of nitrogens with zero attached hydrogens (tertiary/aromatic N) is 5. The highest BCUT2D eigenvalue weighted by atomic mass is 19.4. The molecule has 0 atom stereocenters. The van der Waals surface area contributed by atoms with E-state index in [0.29, 0.717) is 41.7 Å². The van der Waals surface area contributed by atoms with Crippen LogP contribution in [0.3, 0.4) is 0 Å². The normalized spacial score (nSPS) is 17.7. The molecule has 3 aromatic rings. The Morgan fingerprint density at radius 2 is 1.87 bits per heavy atom. The van der Waals surface area contributed by atoms with Gasteiger partial charge in [-0.25, -0.2) is 9.37 Å². The van der Waals surface area contributed by atoms with Crippen LogP contribution < -0.4 is 5.32 Å². The molecule has 1 amide bonds. The third-order valence-corrected chi connectivity index (χ3v) is 6.49. The van der Waals surface area contributed by atoms with Crippen molar-refractivity contribution in [1.82, 2.24) is 30.5 Å². The van der Waals surface area contributed by atoms with Crippen molar-refractivity contribution in [2.45, 2.75) is 51.9 Å². The number of alkyl halides is 3. The lowest BCUT2D eigenvalue weighted by Gasteiger charge is -2.26. The Morgan fingerprint density at radius 1 is 1.13 bits per heavy atom. The van der Waals surface area contributed by atoms with Gasteiger partial charge in [-0.05, 0) is 73.6 Å². The Bertz CT molecular complexity index is 1320. The van der Waals surface area contributed by atoms with Crippen molar-refractivity contribution in [1.29, 1.82) is 0 Å². The zero-order valence-corrected chi connectivity index (χ0v) is 20.8. The fourth-order valence-electron chi connectivity index (χ4n) is 4.50. The Labute approximate surface area is 215 Å². The van der Waals surface area contributed by atoms with Gasteiger partial charge >= 0.3 is 12.1 Å². The summed E-state index contributed by atoms with van der Waals surface area (Å²) < 4.78 is 57.2. The Hall–Kier alpha value is -3.90. The molecule has 0 aliphatic heterocycles. The molecule has 1 aromatic carbocycles. The van der Waals surface area contributed by atoms with Crippen LogP contribution >= 0.6 is 0 Å². The van der Waals surface area contributed by atoms with Crippen LogP contribution in [0, 0.1) is 24.6 Å². The largest absolute Gasteiger partial charge is 0.469 e. The molecule has 202 valence electrons. The fraction of sp³-hybridized carbons (Fsp3) is 0.440. The average Bonchev–Trinajstić information content (AvgIpc) is 3.35. The zero-order valence-electron chi connectivity index (χ0n) is 20.8. The minimum atomic E-state index is -4.84. The number of carbonyl (C=O) groups excluding carboxylic acids is 2. The summed E-state index contributed by atoms with van der Waals surface area (Å²) >= 11 is 0. The van der Waals surface area contributed by atoms with Crippen LogP contribution in [0.2, 0.25) is 0 Å². The summed E-state index contributed by atoms with van der Waals surface area (Å²) in [6, 6.07) is 5.71. The predicted molar refractivity (Wildman–Crippen MR) is 126 cm³/mol. The van der Waals surface area contributed by atoms with Gasteiger partial charge in [0.1, 0.15) is 11.5 Å². The van der Waals surface area contributed by atoms with E-state index >= 15 is 0 Å². The number of tetrazole rings is 1. The highest BCUT2D eigenvalue weighted by Crippen LogP contribution is 2.32. The van der Waals surface area contributed by atoms with Crippen LogP contribution in [0.1, 0.15) is 53.0 Å². The number of aryl methyl sites for hydroxylation is 1. The first-order valence-electron chi connectivity index (χ1n) is 12.0. The average molecular weight is 535 g/mol. The van der Waals surface area contributed by atoms with Crippen molar-refractivity contribution < 1.29 is 31.9 Å². The molecule has 13 heteroatoms. The third kappa shape index (κ3) is 6.50. The molecule has 2 heterocycles. The number of esters is 1. The number of aromatic nitrogens is 5. The number of nitrogens with one attached hydrogen (secondary N) is 1. The number of amides is 1. The molecule has 0 bridgehead atoms. The van der Waals surface area contributed by atoms with E-state index in [1.807, 2.05) is 0 Å². The number of halogens is 4. The van der Waals surface area contributed by atoms with Gasteiger partial charge in [0.05, 0.1) is 25.1 Å². The smallest absolute Gasteiger partial charge is 0.419 e. The van der Waals surface area contributed by atoms with Crippen molar-refractivity contribution in [3.8, 4) is 11.4 Å². The molecule has 0 saturated heterocycles. The van der Waals surface area contributed by atoms with Gasteiger partial charge in [0.2, 0.25) is 5.82 Å². The summed E-state index contributed by atoms with van der Waals surface area (Å²) in [5, 5.41) is 15.1. The van der Waals surface area contributed by atoms with Crippen LogP contribution in [-0.4, -0.2) is 44.2 Å². The first-order valence-corrected chi connectivity index (χ1v) is 12.0. The Balaban J connectivity index is 1.40. The maximum Gasteiger partial charge on any atom is 0.419 e. The van der Waals surface area contributed by atoms with Crippen LogP contribution in [0.5, 0.6) is 0 Å². The van der Waals surface area contributed by atoms with Crippen molar-refractivity contribution in [3.63, 3.8) is 0 Å². The number of rotatable bonds is 7.